The van der Waals surface area contributed by atoms with Crippen LogP contribution in [0.25, 0.3) is 0 Å². The summed E-state index contributed by atoms with van der Waals surface area (Å²) in [5.41, 5.74) is -0.136. The fourth-order valence-electron chi connectivity index (χ4n) is 1.01. The molecule has 0 fully saturated rings. The Morgan fingerprint density at radius 1 is 1.65 bits per heavy atom. The first-order chi connectivity index (χ1) is 7.84. The van der Waals surface area contributed by atoms with Crippen LogP contribution in [0.5, 0.6) is 0 Å². The van der Waals surface area contributed by atoms with Crippen LogP contribution < -0.4 is 0 Å². The van der Waals surface area contributed by atoms with Gasteiger partial charge in [0.25, 0.3) is 5.22 Å². The van der Waals surface area contributed by atoms with Gasteiger partial charge in [-0.25, -0.2) is 14.2 Å². The fourth-order valence-corrected chi connectivity index (χ4v) is 1.71. The highest BCUT2D eigenvalue weighted by molar-refractivity contribution is 7.99. The normalized spacial score (nSPS) is 13.5. The van der Waals surface area contributed by atoms with Crippen molar-refractivity contribution in [3.8, 4) is 0 Å². The Kier molecular flexibility index (Phi) is 4.56. The van der Waals surface area contributed by atoms with E-state index >= 15 is 0 Å². The maximum Gasteiger partial charge on any atom is 0.341 e. The Labute approximate surface area is 104 Å². The van der Waals surface area contributed by atoms with Gasteiger partial charge in [0.15, 0.2) is 0 Å². The zero-order chi connectivity index (χ0) is 13.1. The van der Waals surface area contributed by atoms with E-state index in [1.807, 2.05) is 20.8 Å². The number of aromatic nitrogens is 1. The predicted molar refractivity (Wildman–Crippen MR) is 62.8 cm³/mol. The molecule has 0 aliphatic heterocycles. The number of halogens is 1. The molecule has 1 atom stereocenters. The molecule has 0 aliphatic rings. The molecular weight excluding hydrogens is 245 g/mol. The number of ether oxygens (including phenoxy) is 1. The number of carbonyl (C=O) groups is 1. The van der Waals surface area contributed by atoms with Crippen molar-refractivity contribution in [2.75, 3.05) is 12.9 Å². The molecule has 0 saturated carbocycles. The second-order valence-electron chi connectivity index (χ2n) is 4.54. The molecule has 96 valence electrons. The summed E-state index contributed by atoms with van der Waals surface area (Å²) in [6.07, 6.45) is -0.0387. The highest BCUT2D eigenvalue weighted by Crippen LogP contribution is 2.27. The minimum atomic E-state index is -1.66. The largest absolute Gasteiger partial charge is 0.467 e. The summed E-state index contributed by atoms with van der Waals surface area (Å²) in [6, 6.07) is 0. The van der Waals surface area contributed by atoms with Crippen molar-refractivity contribution >= 4 is 17.7 Å². The average Bonchev–Trinajstić information content (AvgIpc) is 2.72. The van der Waals surface area contributed by atoms with Gasteiger partial charge in [0.1, 0.15) is 5.76 Å². The Balaban J connectivity index is 2.53. The number of carbonyl (C=O) groups excluding carboxylic acids is 1. The molecule has 6 heteroatoms. The number of thioether (sulfide) groups is 1. The van der Waals surface area contributed by atoms with Crippen molar-refractivity contribution in [3.63, 3.8) is 0 Å². The minimum absolute atomic E-state index is 0.0588. The topological polar surface area (TPSA) is 52.3 Å². The lowest BCUT2D eigenvalue weighted by molar-refractivity contribution is -0.145. The van der Waals surface area contributed by atoms with E-state index in [1.165, 1.54) is 0 Å². The smallest absolute Gasteiger partial charge is 0.341 e. The lowest BCUT2D eigenvalue weighted by Gasteiger charge is -2.12. The molecule has 1 aromatic heterocycles. The molecule has 4 nitrogen and oxygen atoms in total. The van der Waals surface area contributed by atoms with Crippen molar-refractivity contribution in [1.29, 1.82) is 0 Å². The maximum atomic E-state index is 13.2. The molecule has 0 aliphatic carbocycles. The van der Waals surface area contributed by atoms with Crippen LogP contribution in [-0.4, -0.2) is 30.0 Å². The van der Waals surface area contributed by atoms with Crippen molar-refractivity contribution in [1.82, 2.24) is 4.98 Å². The van der Waals surface area contributed by atoms with Crippen molar-refractivity contribution < 1.29 is 18.3 Å². The van der Waals surface area contributed by atoms with Crippen LogP contribution >= 0.6 is 11.8 Å². The number of esters is 1. The number of hydrogen-bond acceptors (Lipinski definition) is 5. The van der Waals surface area contributed by atoms with Gasteiger partial charge in [-0.05, 0) is 0 Å². The third kappa shape index (κ3) is 4.03. The summed E-state index contributed by atoms with van der Waals surface area (Å²) >= 11 is 1.06. The van der Waals surface area contributed by atoms with E-state index in [4.69, 9.17) is 4.42 Å². The molecule has 0 aromatic carbocycles. The SMILES string of the molecule is COC(=O)C(F)CSc1ncc(C(C)(C)C)o1. The molecule has 1 heterocycles. The molecule has 1 rings (SSSR count). The second-order valence-corrected chi connectivity index (χ2v) is 5.51. The van der Waals surface area contributed by atoms with Gasteiger partial charge >= 0.3 is 5.97 Å². The van der Waals surface area contributed by atoms with Crippen molar-refractivity contribution in [2.45, 2.75) is 37.6 Å². The van der Waals surface area contributed by atoms with Gasteiger partial charge in [0, 0.05) is 11.2 Å². The molecule has 0 radical (unpaired) electrons. The molecule has 0 bridgehead atoms. The highest BCUT2D eigenvalue weighted by Gasteiger charge is 2.22. The van der Waals surface area contributed by atoms with Gasteiger partial charge in [-0.1, -0.05) is 32.5 Å². The van der Waals surface area contributed by atoms with E-state index in [1.54, 1.807) is 6.20 Å². The van der Waals surface area contributed by atoms with Crippen molar-refractivity contribution in [3.05, 3.63) is 12.0 Å². The lowest BCUT2D eigenvalue weighted by Crippen LogP contribution is -2.19. The lowest BCUT2D eigenvalue weighted by atomic mass is 9.94. The molecule has 0 spiro atoms. The summed E-state index contributed by atoms with van der Waals surface area (Å²) in [5, 5.41) is 0.362. The van der Waals surface area contributed by atoms with Gasteiger partial charge in [-0.15, -0.1) is 0 Å². The molecule has 0 saturated heterocycles. The van der Waals surface area contributed by atoms with Crippen LogP contribution in [0.15, 0.2) is 15.8 Å². The van der Waals surface area contributed by atoms with Crippen LogP contribution in [0.3, 0.4) is 0 Å². The van der Waals surface area contributed by atoms with Crippen LogP contribution in [0.2, 0.25) is 0 Å². The van der Waals surface area contributed by atoms with Gasteiger partial charge in [0.05, 0.1) is 13.3 Å². The molecular formula is C11H16FNO3S. The molecule has 1 aromatic rings. The Morgan fingerprint density at radius 2 is 2.29 bits per heavy atom. The number of hydrogen-bond donors (Lipinski definition) is 0. The average molecular weight is 261 g/mol. The molecule has 0 N–H and O–H groups in total. The number of nitrogens with zero attached hydrogens (tertiary/aromatic N) is 1. The van der Waals surface area contributed by atoms with E-state index in [9.17, 15) is 9.18 Å². The summed E-state index contributed by atoms with van der Waals surface area (Å²) in [5.74, 6) is -0.204. The summed E-state index contributed by atoms with van der Waals surface area (Å²) in [7, 11) is 1.16. The van der Waals surface area contributed by atoms with Gasteiger partial charge < -0.3 is 9.15 Å². The highest BCUT2D eigenvalue weighted by atomic mass is 32.2. The minimum Gasteiger partial charge on any atom is -0.467 e. The Bertz CT molecular complexity index is 386. The van der Waals surface area contributed by atoms with Crippen LogP contribution in [0.4, 0.5) is 4.39 Å². The third-order valence-electron chi connectivity index (χ3n) is 2.03. The third-order valence-corrected chi connectivity index (χ3v) is 2.93. The van der Waals surface area contributed by atoms with E-state index in [2.05, 4.69) is 9.72 Å². The van der Waals surface area contributed by atoms with Crippen LogP contribution in [0.1, 0.15) is 26.5 Å². The van der Waals surface area contributed by atoms with Crippen molar-refractivity contribution in [2.24, 2.45) is 0 Å². The number of methoxy groups -OCH3 is 1. The van der Waals surface area contributed by atoms with E-state index in [0.717, 1.165) is 24.6 Å². The number of rotatable bonds is 4. The zero-order valence-corrected chi connectivity index (χ0v) is 11.1. The second kappa shape index (κ2) is 5.53. The quantitative estimate of drug-likeness (QED) is 0.616. The zero-order valence-electron chi connectivity index (χ0n) is 10.3. The first-order valence-corrected chi connectivity index (χ1v) is 6.14. The number of oxazole rings is 1. The number of alkyl halides is 1. The Morgan fingerprint density at radius 3 is 2.76 bits per heavy atom. The summed E-state index contributed by atoms with van der Waals surface area (Å²) in [4.78, 5) is 14.9. The van der Waals surface area contributed by atoms with Crippen LogP contribution in [-0.2, 0) is 14.9 Å². The summed E-state index contributed by atoms with van der Waals surface area (Å²) < 4.78 is 22.9. The molecule has 17 heavy (non-hydrogen) atoms. The molecule has 0 amide bonds. The first-order valence-electron chi connectivity index (χ1n) is 5.15. The van der Waals surface area contributed by atoms with E-state index < -0.39 is 12.1 Å². The maximum absolute atomic E-state index is 13.2. The van der Waals surface area contributed by atoms with Gasteiger partial charge in [0.2, 0.25) is 6.17 Å². The standard InChI is InChI=1S/C11H16FNO3S/c1-11(2,3)8-5-13-10(16-8)17-6-7(12)9(14)15-4/h5,7H,6H2,1-4H3. The fraction of sp³-hybridized carbons (Fsp3) is 0.636. The van der Waals surface area contributed by atoms with E-state index in [0.29, 0.717) is 5.22 Å². The van der Waals surface area contributed by atoms with E-state index in [-0.39, 0.29) is 11.2 Å². The molecule has 1 unspecified atom stereocenters. The predicted octanol–water partition coefficient (Wildman–Crippen LogP) is 2.58. The Hall–Kier alpha value is -1.04. The monoisotopic (exact) mass is 261 g/mol. The first kappa shape index (κ1) is 14.0. The van der Waals surface area contributed by atoms with Crippen LogP contribution in [0, 0.1) is 0 Å². The summed E-state index contributed by atoms with van der Waals surface area (Å²) in [6.45, 7) is 5.98. The van der Waals surface area contributed by atoms with Gasteiger partial charge in [-0.2, -0.15) is 0 Å². The van der Waals surface area contributed by atoms with Gasteiger partial charge in [-0.3, -0.25) is 0 Å².